The lowest BCUT2D eigenvalue weighted by atomic mass is 10.0. The molecule has 0 aliphatic heterocycles. The van der Waals surface area contributed by atoms with Crippen molar-refractivity contribution in [3.8, 4) is 33.9 Å². The van der Waals surface area contributed by atoms with Gasteiger partial charge in [-0.3, -0.25) is 9.59 Å². The lowest BCUT2D eigenvalue weighted by Crippen LogP contribution is -2.13. The highest BCUT2D eigenvalue weighted by Crippen LogP contribution is 2.30. The van der Waals surface area contributed by atoms with Crippen molar-refractivity contribution in [3.63, 3.8) is 0 Å². The van der Waals surface area contributed by atoms with Crippen molar-refractivity contribution in [1.82, 2.24) is 9.38 Å². The van der Waals surface area contributed by atoms with Gasteiger partial charge in [0.2, 0.25) is 5.91 Å². The molecule has 7 heteroatoms. The number of nitrogens with one attached hydrogen (secondary N) is 1. The number of imidazole rings is 1. The number of hydrogen-bond acceptors (Lipinski definition) is 5. The lowest BCUT2D eigenvalue weighted by molar-refractivity contribution is -0.116. The molecule has 0 atom stereocenters. The van der Waals surface area contributed by atoms with Gasteiger partial charge >= 0.3 is 0 Å². The zero-order valence-electron chi connectivity index (χ0n) is 22.1. The van der Waals surface area contributed by atoms with Gasteiger partial charge in [-0.25, -0.2) is 4.98 Å². The van der Waals surface area contributed by atoms with Gasteiger partial charge in [-0.1, -0.05) is 36.4 Å². The molecule has 39 heavy (non-hydrogen) atoms. The van der Waals surface area contributed by atoms with Crippen molar-refractivity contribution in [2.45, 2.75) is 19.8 Å². The molecule has 0 saturated carbocycles. The number of anilines is 1. The summed E-state index contributed by atoms with van der Waals surface area (Å²) in [6.07, 6.45) is 2.78. The Morgan fingerprint density at radius 2 is 1.54 bits per heavy atom. The van der Waals surface area contributed by atoms with Gasteiger partial charge in [-0.2, -0.15) is 0 Å². The van der Waals surface area contributed by atoms with Crippen molar-refractivity contribution < 1.29 is 19.1 Å². The van der Waals surface area contributed by atoms with E-state index in [1.165, 1.54) is 0 Å². The van der Waals surface area contributed by atoms with E-state index in [1.807, 2.05) is 95.5 Å². The molecule has 5 rings (SSSR count). The quantitative estimate of drug-likeness (QED) is 0.226. The standard InChI is InChI=1S/C32H29N3O4/c1-21(36)22-7-9-23(10-8-22)25-11-17-30-34-32(24-5-4-6-28(19-24)39-3)29(35(30)20-25)16-18-31(37)33-26-12-14-27(38-2)15-13-26/h4-15,17,19-20H,16,18H2,1-3H3,(H,33,37). The molecule has 2 aromatic heterocycles. The fourth-order valence-electron chi connectivity index (χ4n) is 4.53. The summed E-state index contributed by atoms with van der Waals surface area (Å²) in [6.45, 7) is 1.56. The number of ketones is 1. The first-order valence-corrected chi connectivity index (χ1v) is 12.7. The maximum atomic E-state index is 12.9. The van der Waals surface area contributed by atoms with Crippen LogP contribution in [0, 0.1) is 0 Å². The third kappa shape index (κ3) is 5.67. The SMILES string of the molecule is COc1ccc(NC(=O)CCc2c(-c3cccc(OC)c3)nc3ccc(-c4ccc(C(C)=O)cc4)cn23)cc1. The van der Waals surface area contributed by atoms with Crippen LogP contribution in [0.15, 0.2) is 91.1 Å². The van der Waals surface area contributed by atoms with Crippen LogP contribution in [0.25, 0.3) is 28.0 Å². The second kappa shape index (κ2) is 11.2. The van der Waals surface area contributed by atoms with Gasteiger partial charge in [0.1, 0.15) is 17.1 Å². The molecule has 1 amide bonds. The highest BCUT2D eigenvalue weighted by atomic mass is 16.5. The van der Waals surface area contributed by atoms with E-state index in [9.17, 15) is 9.59 Å². The van der Waals surface area contributed by atoms with Crippen molar-refractivity contribution in [2.75, 3.05) is 19.5 Å². The Morgan fingerprint density at radius 3 is 2.23 bits per heavy atom. The second-order valence-corrected chi connectivity index (χ2v) is 9.20. The highest BCUT2D eigenvalue weighted by molar-refractivity contribution is 5.94. The molecule has 196 valence electrons. The van der Waals surface area contributed by atoms with Gasteiger partial charge < -0.3 is 19.2 Å². The van der Waals surface area contributed by atoms with Gasteiger partial charge in [-0.05, 0) is 73.0 Å². The van der Waals surface area contributed by atoms with Crippen molar-refractivity contribution in [3.05, 3.63) is 102 Å². The molecule has 0 saturated heterocycles. The van der Waals surface area contributed by atoms with E-state index in [2.05, 4.69) is 5.32 Å². The second-order valence-electron chi connectivity index (χ2n) is 9.20. The summed E-state index contributed by atoms with van der Waals surface area (Å²) in [5.41, 5.74) is 6.77. The van der Waals surface area contributed by atoms with E-state index >= 15 is 0 Å². The summed E-state index contributed by atoms with van der Waals surface area (Å²) >= 11 is 0. The zero-order chi connectivity index (χ0) is 27.4. The predicted molar refractivity (Wildman–Crippen MR) is 153 cm³/mol. The van der Waals surface area contributed by atoms with Crippen LogP contribution >= 0.6 is 0 Å². The van der Waals surface area contributed by atoms with Crippen molar-refractivity contribution in [2.24, 2.45) is 0 Å². The molecule has 0 fully saturated rings. The number of carbonyl (C=O) groups is 2. The first kappa shape index (κ1) is 25.7. The zero-order valence-corrected chi connectivity index (χ0v) is 22.1. The number of ether oxygens (including phenoxy) is 2. The summed E-state index contributed by atoms with van der Waals surface area (Å²) in [4.78, 5) is 29.5. The fourth-order valence-corrected chi connectivity index (χ4v) is 4.53. The summed E-state index contributed by atoms with van der Waals surface area (Å²) in [6, 6.07) is 26.6. The van der Waals surface area contributed by atoms with Gasteiger partial charge in [0.25, 0.3) is 0 Å². The molecule has 0 aliphatic carbocycles. The van der Waals surface area contributed by atoms with Gasteiger partial charge in [0.15, 0.2) is 5.78 Å². The third-order valence-electron chi connectivity index (χ3n) is 6.65. The molecule has 5 aromatic rings. The number of pyridine rings is 1. The number of benzene rings is 3. The largest absolute Gasteiger partial charge is 0.497 e. The number of Topliss-reactive ketones (excluding diaryl/α,β-unsaturated/α-hetero) is 1. The summed E-state index contributed by atoms with van der Waals surface area (Å²) in [7, 11) is 3.24. The van der Waals surface area contributed by atoms with E-state index < -0.39 is 0 Å². The minimum atomic E-state index is -0.0947. The van der Waals surface area contributed by atoms with Crippen LogP contribution in [-0.2, 0) is 11.2 Å². The van der Waals surface area contributed by atoms with Crippen LogP contribution in [0.1, 0.15) is 29.4 Å². The molecule has 2 heterocycles. The Kier molecular flexibility index (Phi) is 7.41. The highest BCUT2D eigenvalue weighted by Gasteiger charge is 2.17. The first-order chi connectivity index (χ1) is 18.9. The maximum absolute atomic E-state index is 12.9. The molecule has 3 aromatic carbocycles. The number of carbonyl (C=O) groups excluding carboxylic acids is 2. The number of aromatic nitrogens is 2. The number of rotatable bonds is 9. The molecular weight excluding hydrogens is 490 g/mol. The van der Waals surface area contributed by atoms with Crippen molar-refractivity contribution in [1.29, 1.82) is 0 Å². The summed E-state index contributed by atoms with van der Waals surface area (Å²) < 4.78 is 12.7. The van der Waals surface area contributed by atoms with E-state index in [0.717, 1.165) is 45.2 Å². The Balaban J connectivity index is 1.49. The molecule has 0 radical (unpaired) electrons. The lowest BCUT2D eigenvalue weighted by Gasteiger charge is -2.10. The average Bonchev–Trinajstić information content (AvgIpc) is 3.34. The van der Waals surface area contributed by atoms with Crippen LogP contribution in [0.4, 0.5) is 5.69 Å². The number of aryl methyl sites for hydroxylation is 1. The van der Waals surface area contributed by atoms with E-state index in [4.69, 9.17) is 14.5 Å². The molecule has 0 bridgehead atoms. The number of fused-ring (bicyclic) bond motifs is 1. The smallest absolute Gasteiger partial charge is 0.224 e. The Hall–Kier alpha value is -4.91. The number of nitrogens with zero attached hydrogens (tertiary/aromatic N) is 2. The normalized spacial score (nSPS) is 10.8. The summed E-state index contributed by atoms with van der Waals surface area (Å²) in [5.74, 6) is 1.40. The van der Waals surface area contributed by atoms with E-state index in [-0.39, 0.29) is 18.1 Å². The van der Waals surface area contributed by atoms with E-state index in [0.29, 0.717) is 17.7 Å². The van der Waals surface area contributed by atoms with Gasteiger partial charge in [-0.15, -0.1) is 0 Å². The minimum Gasteiger partial charge on any atom is -0.497 e. The van der Waals surface area contributed by atoms with Crippen LogP contribution in [0.2, 0.25) is 0 Å². The molecule has 0 unspecified atom stereocenters. The van der Waals surface area contributed by atoms with Crippen LogP contribution in [0.5, 0.6) is 11.5 Å². The molecule has 1 N–H and O–H groups in total. The fraction of sp³-hybridized carbons (Fsp3) is 0.156. The van der Waals surface area contributed by atoms with E-state index in [1.54, 1.807) is 21.1 Å². The third-order valence-corrected chi connectivity index (χ3v) is 6.65. The maximum Gasteiger partial charge on any atom is 0.224 e. The molecule has 7 nitrogen and oxygen atoms in total. The number of hydrogen-bond donors (Lipinski definition) is 1. The van der Waals surface area contributed by atoms with Crippen LogP contribution in [-0.4, -0.2) is 35.3 Å². The average molecular weight is 520 g/mol. The van der Waals surface area contributed by atoms with Gasteiger partial charge in [0, 0.05) is 29.4 Å². The van der Waals surface area contributed by atoms with Crippen molar-refractivity contribution >= 4 is 23.0 Å². The Bertz CT molecular complexity index is 1640. The predicted octanol–water partition coefficient (Wildman–Crippen LogP) is 6.46. The molecule has 0 aliphatic rings. The Labute approximate surface area is 227 Å². The first-order valence-electron chi connectivity index (χ1n) is 12.7. The number of amides is 1. The molecule has 0 spiro atoms. The van der Waals surface area contributed by atoms with Crippen LogP contribution < -0.4 is 14.8 Å². The van der Waals surface area contributed by atoms with Crippen LogP contribution in [0.3, 0.4) is 0 Å². The minimum absolute atomic E-state index is 0.0322. The monoisotopic (exact) mass is 519 g/mol. The summed E-state index contributed by atoms with van der Waals surface area (Å²) in [5, 5.41) is 2.96. The van der Waals surface area contributed by atoms with Gasteiger partial charge in [0.05, 0.1) is 25.6 Å². The number of methoxy groups -OCH3 is 2. The molecular formula is C32H29N3O4. The Morgan fingerprint density at radius 1 is 0.821 bits per heavy atom. The topological polar surface area (TPSA) is 81.9 Å².